The van der Waals surface area contributed by atoms with E-state index >= 15 is 0 Å². The first kappa shape index (κ1) is 14.6. The molecule has 0 bridgehead atoms. The zero-order chi connectivity index (χ0) is 14.4. The molecule has 0 unspecified atom stereocenters. The van der Waals surface area contributed by atoms with Gasteiger partial charge in [-0.25, -0.2) is 0 Å². The van der Waals surface area contributed by atoms with Crippen LogP contribution in [0.3, 0.4) is 0 Å². The van der Waals surface area contributed by atoms with Gasteiger partial charge in [-0.3, -0.25) is 4.79 Å². The van der Waals surface area contributed by atoms with Crippen LogP contribution < -0.4 is 11.1 Å². The van der Waals surface area contributed by atoms with Crippen molar-refractivity contribution in [2.24, 2.45) is 0 Å². The number of ether oxygens (including phenoxy) is 1. The minimum absolute atomic E-state index is 0.00953. The smallest absolute Gasteiger partial charge is 0.250 e. The minimum Gasteiger partial charge on any atom is -0.397 e. The maximum absolute atomic E-state index is 11.7. The Balaban J connectivity index is 1.78. The lowest BCUT2D eigenvalue weighted by Crippen LogP contribution is -2.18. The molecule has 0 aromatic heterocycles. The molecule has 4 nitrogen and oxygen atoms in total. The Kier molecular flexibility index (Phi) is 5.15. The van der Waals surface area contributed by atoms with Crippen molar-refractivity contribution in [3.8, 4) is 0 Å². The van der Waals surface area contributed by atoms with Crippen molar-refractivity contribution in [2.45, 2.75) is 6.61 Å². The Hall–Kier alpha value is -1.85. The first-order valence-electron chi connectivity index (χ1n) is 6.11. The molecule has 0 heterocycles. The molecule has 0 aliphatic rings. The molecule has 104 valence electrons. The van der Waals surface area contributed by atoms with Gasteiger partial charge in [0.15, 0.2) is 0 Å². The van der Waals surface area contributed by atoms with Gasteiger partial charge < -0.3 is 15.8 Å². The van der Waals surface area contributed by atoms with Gasteiger partial charge in [-0.1, -0.05) is 40.2 Å². The van der Waals surface area contributed by atoms with Crippen molar-refractivity contribution in [1.82, 2.24) is 0 Å². The SMILES string of the molecule is Nc1ccccc1NC(=O)COCc1ccc(Br)cc1. The fraction of sp³-hybridized carbons (Fsp3) is 0.133. The van der Waals surface area contributed by atoms with E-state index in [1.807, 2.05) is 36.4 Å². The molecular weight excluding hydrogens is 320 g/mol. The number of hydrogen-bond donors (Lipinski definition) is 2. The first-order valence-corrected chi connectivity index (χ1v) is 6.91. The van der Waals surface area contributed by atoms with Gasteiger partial charge in [0, 0.05) is 4.47 Å². The molecule has 2 rings (SSSR count). The van der Waals surface area contributed by atoms with Crippen LogP contribution in [-0.2, 0) is 16.1 Å². The highest BCUT2D eigenvalue weighted by molar-refractivity contribution is 9.10. The van der Waals surface area contributed by atoms with E-state index in [0.29, 0.717) is 18.0 Å². The predicted molar refractivity (Wildman–Crippen MR) is 83.3 cm³/mol. The number of carbonyl (C=O) groups is 1. The Morgan fingerprint density at radius 1 is 1.15 bits per heavy atom. The van der Waals surface area contributed by atoms with E-state index < -0.39 is 0 Å². The summed E-state index contributed by atoms with van der Waals surface area (Å²) in [5, 5.41) is 2.71. The van der Waals surface area contributed by atoms with Crippen molar-refractivity contribution < 1.29 is 9.53 Å². The highest BCUT2D eigenvalue weighted by Crippen LogP contribution is 2.16. The number of benzene rings is 2. The number of carbonyl (C=O) groups excluding carboxylic acids is 1. The van der Waals surface area contributed by atoms with Crippen molar-refractivity contribution in [1.29, 1.82) is 0 Å². The molecule has 0 radical (unpaired) electrons. The van der Waals surface area contributed by atoms with Gasteiger partial charge in [0.05, 0.1) is 18.0 Å². The van der Waals surface area contributed by atoms with Gasteiger partial charge in [0.25, 0.3) is 0 Å². The topological polar surface area (TPSA) is 64.3 Å². The molecular formula is C15H15BrN2O2. The predicted octanol–water partition coefficient (Wildman–Crippen LogP) is 3.19. The maximum Gasteiger partial charge on any atom is 0.250 e. The number of halogens is 1. The van der Waals surface area contributed by atoms with E-state index in [0.717, 1.165) is 10.0 Å². The molecule has 0 atom stereocenters. The number of hydrogen-bond acceptors (Lipinski definition) is 3. The molecule has 5 heteroatoms. The molecule has 2 aromatic carbocycles. The summed E-state index contributed by atoms with van der Waals surface area (Å²) < 4.78 is 6.38. The summed E-state index contributed by atoms with van der Waals surface area (Å²) in [6.45, 7) is 0.384. The molecule has 0 saturated carbocycles. The summed E-state index contributed by atoms with van der Waals surface area (Å²) in [6, 6.07) is 14.9. The number of nitrogen functional groups attached to an aromatic ring is 1. The quantitative estimate of drug-likeness (QED) is 0.825. The largest absolute Gasteiger partial charge is 0.397 e. The number of nitrogens with two attached hydrogens (primary N) is 1. The number of nitrogens with one attached hydrogen (secondary N) is 1. The second-order valence-corrected chi connectivity index (χ2v) is 5.17. The third kappa shape index (κ3) is 4.36. The molecule has 0 aliphatic heterocycles. The number of anilines is 2. The first-order chi connectivity index (χ1) is 9.65. The fourth-order valence-electron chi connectivity index (χ4n) is 1.64. The number of amides is 1. The van der Waals surface area contributed by atoms with Crippen LogP contribution in [0.4, 0.5) is 11.4 Å². The second kappa shape index (κ2) is 7.07. The summed E-state index contributed by atoms with van der Waals surface area (Å²) >= 11 is 3.36. The maximum atomic E-state index is 11.7. The second-order valence-electron chi connectivity index (χ2n) is 4.25. The molecule has 0 spiro atoms. The normalized spacial score (nSPS) is 10.2. The Morgan fingerprint density at radius 3 is 2.55 bits per heavy atom. The van der Waals surface area contributed by atoms with Crippen LogP contribution in [0.1, 0.15) is 5.56 Å². The van der Waals surface area contributed by atoms with Crippen LogP contribution in [-0.4, -0.2) is 12.5 Å². The summed E-state index contributed by atoms with van der Waals surface area (Å²) in [7, 11) is 0. The van der Waals surface area contributed by atoms with E-state index in [9.17, 15) is 4.79 Å². The molecule has 0 saturated heterocycles. The van der Waals surface area contributed by atoms with Crippen molar-refractivity contribution in [3.63, 3.8) is 0 Å². The fourth-order valence-corrected chi connectivity index (χ4v) is 1.90. The van der Waals surface area contributed by atoms with Crippen molar-refractivity contribution in [3.05, 3.63) is 58.6 Å². The highest BCUT2D eigenvalue weighted by atomic mass is 79.9. The lowest BCUT2D eigenvalue weighted by atomic mass is 10.2. The van der Waals surface area contributed by atoms with Gasteiger partial charge in [-0.15, -0.1) is 0 Å². The van der Waals surface area contributed by atoms with Crippen LogP contribution in [0, 0.1) is 0 Å². The highest BCUT2D eigenvalue weighted by Gasteiger charge is 2.04. The van der Waals surface area contributed by atoms with Crippen LogP contribution in [0.15, 0.2) is 53.0 Å². The zero-order valence-corrected chi connectivity index (χ0v) is 12.4. The van der Waals surface area contributed by atoms with Crippen LogP contribution in [0.25, 0.3) is 0 Å². The van der Waals surface area contributed by atoms with Crippen molar-refractivity contribution in [2.75, 3.05) is 17.7 Å². The Labute approximate surface area is 126 Å². The standard InChI is InChI=1S/C15H15BrN2O2/c16-12-7-5-11(6-8-12)9-20-10-15(19)18-14-4-2-1-3-13(14)17/h1-8H,9-10,17H2,(H,18,19). The van der Waals surface area contributed by atoms with E-state index in [-0.39, 0.29) is 12.5 Å². The van der Waals surface area contributed by atoms with Crippen LogP contribution >= 0.6 is 15.9 Å². The summed E-state index contributed by atoms with van der Waals surface area (Å²) in [5.41, 5.74) is 7.89. The minimum atomic E-state index is -0.222. The monoisotopic (exact) mass is 334 g/mol. The van der Waals surface area contributed by atoms with E-state index in [2.05, 4.69) is 21.2 Å². The van der Waals surface area contributed by atoms with E-state index in [4.69, 9.17) is 10.5 Å². The van der Waals surface area contributed by atoms with Crippen LogP contribution in [0.5, 0.6) is 0 Å². The summed E-state index contributed by atoms with van der Waals surface area (Å²) in [5.74, 6) is -0.222. The number of para-hydroxylation sites is 2. The van der Waals surface area contributed by atoms with Gasteiger partial charge in [-0.2, -0.15) is 0 Å². The number of rotatable bonds is 5. The van der Waals surface area contributed by atoms with Gasteiger partial charge in [0.1, 0.15) is 6.61 Å². The molecule has 0 fully saturated rings. The zero-order valence-electron chi connectivity index (χ0n) is 10.8. The van der Waals surface area contributed by atoms with E-state index in [1.54, 1.807) is 12.1 Å². The molecule has 2 aromatic rings. The van der Waals surface area contributed by atoms with Crippen molar-refractivity contribution >= 4 is 33.2 Å². The lowest BCUT2D eigenvalue weighted by molar-refractivity contribution is -0.121. The van der Waals surface area contributed by atoms with Gasteiger partial charge >= 0.3 is 0 Å². The summed E-state index contributed by atoms with van der Waals surface area (Å²) in [6.07, 6.45) is 0. The summed E-state index contributed by atoms with van der Waals surface area (Å²) in [4.78, 5) is 11.7. The Morgan fingerprint density at radius 2 is 1.85 bits per heavy atom. The molecule has 0 aliphatic carbocycles. The average molecular weight is 335 g/mol. The third-order valence-corrected chi connectivity index (χ3v) is 3.18. The molecule has 20 heavy (non-hydrogen) atoms. The third-order valence-electron chi connectivity index (χ3n) is 2.65. The Bertz CT molecular complexity index is 585. The van der Waals surface area contributed by atoms with Gasteiger partial charge in [0.2, 0.25) is 5.91 Å². The van der Waals surface area contributed by atoms with Crippen LogP contribution in [0.2, 0.25) is 0 Å². The van der Waals surface area contributed by atoms with Gasteiger partial charge in [-0.05, 0) is 29.8 Å². The van der Waals surface area contributed by atoms with E-state index in [1.165, 1.54) is 0 Å². The molecule has 3 N–H and O–H groups in total. The average Bonchev–Trinajstić information content (AvgIpc) is 2.44. The molecule has 1 amide bonds. The lowest BCUT2D eigenvalue weighted by Gasteiger charge is -2.08.